The molecule has 1 atom stereocenters. The minimum absolute atomic E-state index is 0.268. The van der Waals surface area contributed by atoms with Crippen LogP contribution in [0.3, 0.4) is 0 Å². The Bertz CT molecular complexity index is 1370. The number of pyridine rings is 1. The molecule has 1 aromatic heterocycles. The minimum atomic E-state index is -1.14. The highest BCUT2D eigenvalue weighted by atomic mass is 16.5. The smallest absolute Gasteiger partial charge is 0.411 e. The first-order chi connectivity index (χ1) is 15.9. The van der Waals surface area contributed by atoms with Crippen molar-refractivity contribution >= 4 is 50.9 Å². The summed E-state index contributed by atoms with van der Waals surface area (Å²) in [6, 6.07) is 17.3. The molecule has 0 aliphatic rings. The zero-order valence-electron chi connectivity index (χ0n) is 18.0. The molecule has 33 heavy (non-hydrogen) atoms. The molecule has 0 bridgehead atoms. The minimum Gasteiger partial charge on any atom is -0.453 e. The van der Waals surface area contributed by atoms with E-state index in [9.17, 15) is 14.7 Å². The Morgan fingerprint density at radius 1 is 1.06 bits per heavy atom. The third-order valence-electron chi connectivity index (χ3n) is 5.21. The van der Waals surface area contributed by atoms with Crippen molar-refractivity contribution in [1.82, 2.24) is 10.3 Å². The van der Waals surface area contributed by atoms with E-state index in [4.69, 9.17) is 5.73 Å². The number of carbonyl (C=O) groups is 2. The number of nitrogens with zero attached hydrogens (tertiary/aromatic N) is 1. The molecule has 0 saturated heterocycles. The van der Waals surface area contributed by atoms with E-state index in [1.54, 1.807) is 61.6 Å². The lowest BCUT2D eigenvalue weighted by molar-refractivity contribution is 0.0964. The van der Waals surface area contributed by atoms with Crippen molar-refractivity contribution in [3.63, 3.8) is 0 Å². The second kappa shape index (κ2) is 9.01. The average molecular weight is 445 g/mol. The number of hydrogen-bond acceptors (Lipinski definition) is 7. The highest BCUT2D eigenvalue weighted by Crippen LogP contribution is 2.35. The summed E-state index contributed by atoms with van der Waals surface area (Å²) in [5.41, 5.74) is 9.63. The number of para-hydroxylation sites is 1. The van der Waals surface area contributed by atoms with Gasteiger partial charge in [0, 0.05) is 34.8 Å². The number of anilines is 3. The molecule has 0 aliphatic heterocycles. The van der Waals surface area contributed by atoms with Crippen molar-refractivity contribution in [2.75, 3.05) is 30.5 Å². The molecule has 0 fully saturated rings. The molecule has 0 aliphatic carbocycles. The monoisotopic (exact) mass is 445 g/mol. The van der Waals surface area contributed by atoms with Gasteiger partial charge < -0.3 is 26.2 Å². The van der Waals surface area contributed by atoms with E-state index in [0.717, 1.165) is 0 Å². The fourth-order valence-electron chi connectivity index (χ4n) is 3.63. The van der Waals surface area contributed by atoms with Crippen molar-refractivity contribution in [2.24, 2.45) is 0 Å². The number of hydrogen-bond donors (Lipinski definition) is 5. The Labute approximate surface area is 189 Å². The number of aliphatic hydroxyl groups is 1. The first-order valence-corrected chi connectivity index (χ1v) is 10.1. The van der Waals surface area contributed by atoms with Crippen LogP contribution in [0.5, 0.6) is 0 Å². The Morgan fingerprint density at radius 3 is 2.61 bits per heavy atom. The van der Waals surface area contributed by atoms with Gasteiger partial charge in [-0.25, -0.2) is 9.78 Å². The van der Waals surface area contributed by atoms with Gasteiger partial charge in [-0.05, 0) is 36.4 Å². The molecule has 1 heterocycles. The maximum absolute atomic E-state index is 12.4. The number of amides is 2. The van der Waals surface area contributed by atoms with Crippen LogP contribution in [0, 0.1) is 0 Å². The van der Waals surface area contributed by atoms with Gasteiger partial charge in [0.2, 0.25) is 0 Å². The number of benzene rings is 3. The van der Waals surface area contributed by atoms with Crippen molar-refractivity contribution in [3.8, 4) is 0 Å². The number of rotatable bonds is 5. The molecule has 4 aromatic rings. The van der Waals surface area contributed by atoms with Crippen molar-refractivity contribution in [1.29, 1.82) is 0 Å². The van der Waals surface area contributed by atoms with Gasteiger partial charge in [0.1, 0.15) is 0 Å². The number of methoxy groups -OCH3 is 1. The standard InChI is InChI=1S/C24H23N5O4/c1-26-23(31)17-8-4-7-16-20(17)28-19-10-9-14(25)12-18(19)21(16)29-22(30)13-5-3-6-15(11-13)27-24(32)33-2/h3-12,22,30H,25H2,1-2H3,(H,26,31)(H,27,32)(H,28,29). The number of carbonyl (C=O) groups excluding carboxylic acids is 2. The molecule has 4 rings (SSSR count). The van der Waals surface area contributed by atoms with Crippen LogP contribution in [0.2, 0.25) is 0 Å². The first kappa shape index (κ1) is 21.8. The molecule has 1 unspecified atom stereocenters. The quantitative estimate of drug-likeness (QED) is 0.180. The van der Waals surface area contributed by atoms with Crippen LogP contribution in [-0.2, 0) is 4.74 Å². The van der Waals surface area contributed by atoms with Gasteiger partial charge in [0.15, 0.2) is 6.23 Å². The predicted octanol–water partition coefficient (Wildman–Crippen LogP) is 3.61. The summed E-state index contributed by atoms with van der Waals surface area (Å²) >= 11 is 0. The van der Waals surface area contributed by atoms with Gasteiger partial charge in [0.05, 0.1) is 29.4 Å². The Hall–Kier alpha value is -4.37. The summed E-state index contributed by atoms with van der Waals surface area (Å²) in [5.74, 6) is -0.268. The molecule has 6 N–H and O–H groups in total. The summed E-state index contributed by atoms with van der Waals surface area (Å²) in [6.45, 7) is 0. The van der Waals surface area contributed by atoms with Gasteiger partial charge in [-0.2, -0.15) is 0 Å². The van der Waals surface area contributed by atoms with Gasteiger partial charge in [-0.1, -0.05) is 24.3 Å². The molecule has 168 valence electrons. The number of fused-ring (bicyclic) bond motifs is 2. The van der Waals surface area contributed by atoms with Gasteiger partial charge >= 0.3 is 6.09 Å². The Balaban J connectivity index is 1.83. The largest absolute Gasteiger partial charge is 0.453 e. The van der Waals surface area contributed by atoms with E-state index in [2.05, 4.69) is 25.7 Å². The van der Waals surface area contributed by atoms with E-state index in [0.29, 0.717) is 50.0 Å². The van der Waals surface area contributed by atoms with Crippen LogP contribution in [-0.4, -0.2) is 36.2 Å². The zero-order chi connectivity index (χ0) is 23.5. The summed E-state index contributed by atoms with van der Waals surface area (Å²) in [4.78, 5) is 28.6. The average Bonchev–Trinajstić information content (AvgIpc) is 2.83. The SMILES string of the molecule is CNC(=O)c1cccc2c(NC(O)c3cccc(NC(=O)OC)c3)c3cc(N)ccc3nc12. The fraction of sp³-hybridized carbons (Fsp3) is 0.125. The van der Waals surface area contributed by atoms with Crippen LogP contribution in [0.4, 0.5) is 21.9 Å². The molecule has 0 spiro atoms. The lowest BCUT2D eigenvalue weighted by Gasteiger charge is -2.20. The normalized spacial score (nSPS) is 11.7. The lowest BCUT2D eigenvalue weighted by Crippen LogP contribution is -2.18. The lowest BCUT2D eigenvalue weighted by atomic mass is 10.0. The first-order valence-electron chi connectivity index (χ1n) is 10.1. The van der Waals surface area contributed by atoms with Crippen LogP contribution in [0.1, 0.15) is 22.1 Å². The maximum atomic E-state index is 12.4. The molecule has 9 nitrogen and oxygen atoms in total. The molecule has 0 radical (unpaired) electrons. The van der Waals surface area contributed by atoms with Crippen molar-refractivity contribution < 1.29 is 19.4 Å². The summed E-state index contributed by atoms with van der Waals surface area (Å²) in [7, 11) is 2.83. The zero-order valence-corrected chi connectivity index (χ0v) is 18.0. The topological polar surface area (TPSA) is 139 Å². The summed E-state index contributed by atoms with van der Waals surface area (Å²) in [6.07, 6.45) is -1.75. The van der Waals surface area contributed by atoms with Gasteiger partial charge in [-0.15, -0.1) is 0 Å². The summed E-state index contributed by atoms with van der Waals surface area (Å²) < 4.78 is 4.62. The summed E-state index contributed by atoms with van der Waals surface area (Å²) in [5, 5.41) is 20.7. The van der Waals surface area contributed by atoms with E-state index in [1.165, 1.54) is 7.11 Å². The fourth-order valence-corrected chi connectivity index (χ4v) is 3.63. The van der Waals surface area contributed by atoms with Crippen molar-refractivity contribution in [2.45, 2.75) is 6.23 Å². The molecule has 0 saturated carbocycles. The number of ether oxygens (including phenoxy) is 1. The van der Waals surface area contributed by atoms with Gasteiger partial charge in [-0.3, -0.25) is 10.1 Å². The van der Waals surface area contributed by atoms with E-state index < -0.39 is 12.3 Å². The van der Waals surface area contributed by atoms with Crippen LogP contribution >= 0.6 is 0 Å². The van der Waals surface area contributed by atoms with Gasteiger partial charge in [0.25, 0.3) is 5.91 Å². The van der Waals surface area contributed by atoms with E-state index in [-0.39, 0.29) is 5.91 Å². The second-order valence-corrected chi connectivity index (χ2v) is 7.33. The Morgan fingerprint density at radius 2 is 1.85 bits per heavy atom. The molecule has 9 heteroatoms. The number of aliphatic hydroxyl groups excluding tert-OH is 1. The van der Waals surface area contributed by atoms with E-state index >= 15 is 0 Å². The van der Waals surface area contributed by atoms with Crippen LogP contribution < -0.4 is 21.7 Å². The van der Waals surface area contributed by atoms with Crippen LogP contribution in [0.15, 0.2) is 60.7 Å². The van der Waals surface area contributed by atoms with Crippen LogP contribution in [0.25, 0.3) is 21.8 Å². The highest BCUT2D eigenvalue weighted by Gasteiger charge is 2.18. The van der Waals surface area contributed by atoms with Crippen molar-refractivity contribution in [3.05, 3.63) is 71.8 Å². The molecular formula is C24H23N5O4. The third kappa shape index (κ3) is 4.35. The number of nitrogens with one attached hydrogen (secondary N) is 3. The Kier molecular flexibility index (Phi) is 5.97. The molecule has 2 amide bonds. The number of nitrogen functional groups attached to an aromatic ring is 1. The number of nitrogens with two attached hydrogens (primary N) is 1. The third-order valence-corrected chi connectivity index (χ3v) is 5.21. The second-order valence-electron chi connectivity index (χ2n) is 7.33. The number of aromatic nitrogens is 1. The highest BCUT2D eigenvalue weighted by molar-refractivity contribution is 6.14. The van der Waals surface area contributed by atoms with E-state index in [1.807, 2.05) is 6.07 Å². The molecular weight excluding hydrogens is 422 g/mol. The molecule has 3 aromatic carbocycles. The predicted molar refractivity (Wildman–Crippen MR) is 128 cm³/mol. The maximum Gasteiger partial charge on any atom is 0.411 e.